The summed E-state index contributed by atoms with van der Waals surface area (Å²) in [6.07, 6.45) is -3.49. The number of carbonyl (C=O) groups excluding carboxylic acids is 1. The molecular weight excluding hydrogens is 576 g/mol. The summed E-state index contributed by atoms with van der Waals surface area (Å²) in [7, 11) is -4.71. The summed E-state index contributed by atoms with van der Waals surface area (Å²) >= 11 is 0. The molecule has 3 aromatic carbocycles. The van der Waals surface area contributed by atoms with Gasteiger partial charge in [-0.2, -0.15) is 21.6 Å². The maximum Gasteiger partial charge on any atom is 0.416 e. The minimum Gasteiger partial charge on any atom is -0.379 e. The van der Waals surface area contributed by atoms with Gasteiger partial charge in [-0.1, -0.05) is 18.2 Å². The first kappa shape index (κ1) is 31.3. The third-order valence-corrected chi connectivity index (χ3v) is 8.23. The van der Waals surface area contributed by atoms with E-state index in [0.29, 0.717) is 43.4 Å². The topological polar surface area (TPSA) is 76.2 Å². The fraction of sp³-hybridized carbons (Fsp3) is 0.367. The van der Waals surface area contributed by atoms with Crippen LogP contribution >= 0.6 is 0 Å². The molecule has 3 aromatic rings. The standard InChI is InChI=1S/C30H32F4N2O5S/c1-3-35(4-2)25-14-13-22(28(18-25)41-42(38,39)27-12-6-9-23(17-27)30(32,33)34)19-36(20-26-11-7-15-40-26)29(37)21-8-5-10-24(31)16-21/h5-6,8-10,12-14,16-18,26H,3-4,7,11,15,19-20H2,1-2H3/t26-/m0/s1. The molecule has 1 amide bonds. The van der Waals surface area contributed by atoms with Crippen LogP contribution in [0.4, 0.5) is 23.2 Å². The first-order chi connectivity index (χ1) is 19.9. The molecule has 42 heavy (non-hydrogen) atoms. The Labute approximate surface area is 242 Å². The number of carbonyl (C=O) groups is 1. The van der Waals surface area contributed by atoms with Crippen LogP contribution in [0.3, 0.4) is 0 Å². The van der Waals surface area contributed by atoms with Crippen molar-refractivity contribution in [3.05, 3.63) is 89.2 Å². The highest BCUT2D eigenvalue weighted by molar-refractivity contribution is 7.87. The van der Waals surface area contributed by atoms with E-state index >= 15 is 0 Å². The van der Waals surface area contributed by atoms with Gasteiger partial charge in [0.25, 0.3) is 5.91 Å². The number of ether oxygens (including phenoxy) is 1. The Morgan fingerprint density at radius 3 is 2.40 bits per heavy atom. The van der Waals surface area contributed by atoms with E-state index < -0.39 is 38.5 Å². The van der Waals surface area contributed by atoms with Crippen LogP contribution in [0.2, 0.25) is 0 Å². The van der Waals surface area contributed by atoms with Crippen LogP contribution in [0.15, 0.2) is 71.6 Å². The molecule has 7 nitrogen and oxygen atoms in total. The van der Waals surface area contributed by atoms with Crippen LogP contribution in [-0.4, -0.2) is 51.6 Å². The number of hydrogen-bond acceptors (Lipinski definition) is 6. The molecule has 0 spiro atoms. The number of nitrogens with zero attached hydrogens (tertiary/aromatic N) is 2. The lowest BCUT2D eigenvalue weighted by Crippen LogP contribution is -2.37. The molecule has 226 valence electrons. The van der Waals surface area contributed by atoms with E-state index in [-0.39, 0.29) is 30.5 Å². The van der Waals surface area contributed by atoms with Crippen LogP contribution in [-0.2, 0) is 27.6 Å². The van der Waals surface area contributed by atoms with Crippen molar-refractivity contribution < 1.29 is 39.7 Å². The second kappa shape index (κ2) is 13.1. The minimum atomic E-state index is -4.75. The summed E-state index contributed by atoms with van der Waals surface area (Å²) in [6.45, 7) is 5.59. The van der Waals surface area contributed by atoms with Gasteiger partial charge >= 0.3 is 16.3 Å². The average Bonchev–Trinajstić information content (AvgIpc) is 3.47. The molecule has 0 saturated carbocycles. The van der Waals surface area contributed by atoms with E-state index in [0.717, 1.165) is 30.7 Å². The molecule has 0 bridgehead atoms. The SMILES string of the molecule is CCN(CC)c1ccc(CN(C[C@@H]2CCCO2)C(=O)c2cccc(F)c2)c(OS(=O)(=O)c2cccc(C(F)(F)F)c2)c1. The van der Waals surface area contributed by atoms with Crippen LogP contribution in [0.25, 0.3) is 0 Å². The van der Waals surface area contributed by atoms with Crippen LogP contribution < -0.4 is 9.08 Å². The van der Waals surface area contributed by atoms with Crippen molar-refractivity contribution in [1.29, 1.82) is 0 Å². The summed E-state index contributed by atoms with van der Waals surface area (Å²) < 4.78 is 91.6. The van der Waals surface area contributed by atoms with Crippen molar-refractivity contribution in [2.75, 3.05) is 31.1 Å². The lowest BCUT2D eigenvalue weighted by molar-refractivity contribution is -0.137. The summed E-state index contributed by atoms with van der Waals surface area (Å²) in [6, 6.07) is 13.4. The van der Waals surface area contributed by atoms with Gasteiger partial charge in [0.2, 0.25) is 0 Å². The lowest BCUT2D eigenvalue weighted by Gasteiger charge is -2.27. The molecule has 0 aliphatic carbocycles. The minimum absolute atomic E-state index is 0.104. The Morgan fingerprint density at radius 2 is 1.76 bits per heavy atom. The molecule has 1 aliphatic heterocycles. The molecule has 1 fully saturated rings. The van der Waals surface area contributed by atoms with Crippen molar-refractivity contribution in [1.82, 2.24) is 4.90 Å². The normalized spacial score (nSPS) is 15.4. The fourth-order valence-corrected chi connectivity index (χ4v) is 5.80. The van der Waals surface area contributed by atoms with Crippen molar-refractivity contribution in [3.8, 4) is 5.75 Å². The second-order valence-corrected chi connectivity index (χ2v) is 11.4. The maximum atomic E-state index is 14.0. The first-order valence-electron chi connectivity index (χ1n) is 13.6. The highest BCUT2D eigenvalue weighted by atomic mass is 32.2. The van der Waals surface area contributed by atoms with Gasteiger partial charge in [0, 0.05) is 55.7 Å². The van der Waals surface area contributed by atoms with Gasteiger partial charge in [0.15, 0.2) is 0 Å². The number of benzene rings is 3. The number of hydrogen-bond donors (Lipinski definition) is 0. The van der Waals surface area contributed by atoms with Gasteiger partial charge < -0.3 is 18.7 Å². The molecule has 0 N–H and O–H groups in total. The highest BCUT2D eigenvalue weighted by Crippen LogP contribution is 2.33. The lowest BCUT2D eigenvalue weighted by atomic mass is 10.1. The van der Waals surface area contributed by atoms with Crippen LogP contribution in [0, 0.1) is 5.82 Å². The molecule has 0 radical (unpaired) electrons. The van der Waals surface area contributed by atoms with E-state index in [1.807, 2.05) is 18.7 Å². The van der Waals surface area contributed by atoms with Crippen LogP contribution in [0.1, 0.15) is 48.2 Å². The van der Waals surface area contributed by atoms with Gasteiger partial charge in [-0.05, 0) is 69.2 Å². The maximum absolute atomic E-state index is 14.0. The Morgan fingerprint density at radius 1 is 1.02 bits per heavy atom. The summed E-state index contributed by atoms with van der Waals surface area (Å²) in [5, 5.41) is 0. The molecule has 12 heteroatoms. The van der Waals surface area contributed by atoms with Crippen molar-refractivity contribution >= 4 is 21.7 Å². The number of amides is 1. The third kappa shape index (κ3) is 7.60. The smallest absolute Gasteiger partial charge is 0.379 e. The van der Waals surface area contributed by atoms with Gasteiger partial charge in [-0.25, -0.2) is 4.39 Å². The quantitative estimate of drug-likeness (QED) is 0.189. The average molecular weight is 609 g/mol. The van der Waals surface area contributed by atoms with Gasteiger partial charge in [0.1, 0.15) is 16.5 Å². The molecule has 0 aromatic heterocycles. The molecule has 0 unspecified atom stereocenters. The van der Waals surface area contributed by atoms with Gasteiger partial charge in [-0.3, -0.25) is 4.79 Å². The van der Waals surface area contributed by atoms with Crippen molar-refractivity contribution in [2.24, 2.45) is 0 Å². The molecule has 1 aliphatic rings. The summed E-state index contributed by atoms with van der Waals surface area (Å²) in [5.41, 5.74) is -0.108. The zero-order valence-corrected chi connectivity index (χ0v) is 24.1. The molecule has 4 rings (SSSR count). The summed E-state index contributed by atoms with van der Waals surface area (Å²) in [4.78, 5) is 16.2. The second-order valence-electron chi connectivity index (χ2n) is 9.86. The van der Waals surface area contributed by atoms with E-state index in [9.17, 15) is 30.8 Å². The Kier molecular flexibility index (Phi) is 9.78. The van der Waals surface area contributed by atoms with Crippen molar-refractivity contribution in [2.45, 2.75) is 50.4 Å². The predicted octanol–water partition coefficient (Wildman–Crippen LogP) is 6.28. The number of alkyl halides is 3. The largest absolute Gasteiger partial charge is 0.416 e. The zero-order valence-electron chi connectivity index (χ0n) is 23.2. The Balaban J connectivity index is 1.74. The van der Waals surface area contributed by atoms with E-state index in [4.69, 9.17) is 8.92 Å². The zero-order chi connectivity index (χ0) is 30.5. The number of rotatable bonds is 11. The first-order valence-corrected chi connectivity index (χ1v) is 15.0. The highest BCUT2D eigenvalue weighted by Gasteiger charge is 2.32. The van der Waals surface area contributed by atoms with Crippen molar-refractivity contribution in [3.63, 3.8) is 0 Å². The molecule has 1 heterocycles. The Hall–Kier alpha value is -3.64. The van der Waals surface area contributed by atoms with Gasteiger partial charge in [0.05, 0.1) is 11.7 Å². The molecule has 1 atom stereocenters. The summed E-state index contributed by atoms with van der Waals surface area (Å²) in [5.74, 6) is -1.22. The van der Waals surface area contributed by atoms with Gasteiger partial charge in [-0.15, -0.1) is 0 Å². The molecular formula is C30H32F4N2O5S. The monoisotopic (exact) mass is 608 g/mol. The Bertz CT molecular complexity index is 1500. The van der Waals surface area contributed by atoms with E-state index in [1.54, 1.807) is 12.1 Å². The third-order valence-electron chi connectivity index (χ3n) is 7.00. The number of anilines is 1. The van der Waals surface area contributed by atoms with E-state index in [1.165, 1.54) is 29.2 Å². The van der Waals surface area contributed by atoms with E-state index in [2.05, 4.69) is 0 Å². The fourth-order valence-electron chi connectivity index (χ4n) is 4.79. The number of halogens is 4. The van der Waals surface area contributed by atoms with Crippen LogP contribution in [0.5, 0.6) is 5.75 Å². The predicted molar refractivity (Wildman–Crippen MR) is 149 cm³/mol. The molecule has 1 saturated heterocycles.